The number of hydrogen-bond acceptors (Lipinski definition) is 6. The average molecular weight is 364 g/mol. The SMILES string of the molecule is COc1ccc(-c2cnc(Nc3ccnc(Cl)c3)c3ncccc23)cn1. The number of nitrogens with one attached hydrogen (secondary N) is 1. The van der Waals surface area contributed by atoms with Crippen molar-refractivity contribution in [3.8, 4) is 17.0 Å². The molecule has 0 bridgehead atoms. The van der Waals surface area contributed by atoms with Crippen LogP contribution in [-0.4, -0.2) is 27.0 Å². The quantitative estimate of drug-likeness (QED) is 0.538. The number of ether oxygens (including phenoxy) is 1. The van der Waals surface area contributed by atoms with E-state index in [1.807, 2.05) is 30.3 Å². The number of pyridine rings is 4. The molecule has 0 aliphatic rings. The molecule has 7 heteroatoms. The minimum Gasteiger partial charge on any atom is -0.481 e. The van der Waals surface area contributed by atoms with Gasteiger partial charge in [-0.3, -0.25) is 4.98 Å². The standard InChI is InChI=1S/C19H14ClN5O/c1-26-17-5-4-12(10-23-17)15-11-24-19(18-14(15)3-2-7-22-18)25-13-6-8-21-16(20)9-13/h2-11H,1H3,(H,21,24,25). The smallest absolute Gasteiger partial charge is 0.212 e. The van der Waals surface area contributed by atoms with Crippen LogP contribution in [0.1, 0.15) is 0 Å². The summed E-state index contributed by atoms with van der Waals surface area (Å²) < 4.78 is 5.12. The van der Waals surface area contributed by atoms with E-state index in [0.29, 0.717) is 16.9 Å². The maximum atomic E-state index is 5.95. The fraction of sp³-hybridized carbons (Fsp3) is 0.0526. The highest BCUT2D eigenvalue weighted by molar-refractivity contribution is 6.29. The van der Waals surface area contributed by atoms with Crippen molar-refractivity contribution in [2.45, 2.75) is 0 Å². The lowest BCUT2D eigenvalue weighted by molar-refractivity contribution is 0.398. The van der Waals surface area contributed by atoms with Gasteiger partial charge in [-0.1, -0.05) is 17.7 Å². The summed E-state index contributed by atoms with van der Waals surface area (Å²) in [5.74, 6) is 1.21. The number of fused-ring (bicyclic) bond motifs is 1. The molecule has 4 heterocycles. The topological polar surface area (TPSA) is 72.8 Å². The van der Waals surface area contributed by atoms with Crippen LogP contribution in [0.5, 0.6) is 5.88 Å². The van der Waals surface area contributed by atoms with Crippen LogP contribution in [0.2, 0.25) is 5.15 Å². The second-order valence-corrected chi connectivity index (χ2v) is 5.89. The Morgan fingerprint density at radius 3 is 2.65 bits per heavy atom. The van der Waals surface area contributed by atoms with Crippen molar-refractivity contribution < 1.29 is 4.74 Å². The van der Waals surface area contributed by atoms with Gasteiger partial charge in [0.05, 0.1) is 7.11 Å². The Balaban J connectivity index is 1.80. The molecular weight excluding hydrogens is 350 g/mol. The van der Waals surface area contributed by atoms with Crippen LogP contribution in [0.15, 0.2) is 61.2 Å². The lowest BCUT2D eigenvalue weighted by Gasteiger charge is -2.11. The van der Waals surface area contributed by atoms with Crippen LogP contribution in [0.3, 0.4) is 0 Å². The zero-order chi connectivity index (χ0) is 17.9. The minimum atomic E-state index is 0.410. The van der Waals surface area contributed by atoms with Crippen LogP contribution in [0, 0.1) is 0 Å². The van der Waals surface area contributed by atoms with E-state index in [9.17, 15) is 0 Å². The summed E-state index contributed by atoms with van der Waals surface area (Å²) in [5.41, 5.74) is 3.44. The Kier molecular flexibility index (Phi) is 4.33. The first-order valence-corrected chi connectivity index (χ1v) is 8.25. The van der Waals surface area contributed by atoms with Crippen molar-refractivity contribution in [2.24, 2.45) is 0 Å². The van der Waals surface area contributed by atoms with Gasteiger partial charge in [0.1, 0.15) is 10.7 Å². The predicted molar refractivity (Wildman–Crippen MR) is 102 cm³/mol. The number of rotatable bonds is 4. The predicted octanol–water partition coefficient (Wildman–Crippen LogP) is 4.49. The molecule has 0 fully saturated rings. The Bertz CT molecular complexity index is 1070. The lowest BCUT2D eigenvalue weighted by Crippen LogP contribution is -1.98. The van der Waals surface area contributed by atoms with E-state index in [1.54, 1.807) is 38.0 Å². The van der Waals surface area contributed by atoms with Gasteiger partial charge in [0.25, 0.3) is 0 Å². The number of nitrogens with zero attached hydrogens (tertiary/aromatic N) is 4. The van der Waals surface area contributed by atoms with Gasteiger partial charge in [-0.25, -0.2) is 15.0 Å². The third kappa shape index (κ3) is 3.14. The molecule has 4 rings (SSSR count). The van der Waals surface area contributed by atoms with Gasteiger partial charge < -0.3 is 10.1 Å². The van der Waals surface area contributed by atoms with Gasteiger partial charge in [0.15, 0.2) is 5.82 Å². The molecule has 0 aliphatic heterocycles. The molecule has 6 nitrogen and oxygen atoms in total. The highest BCUT2D eigenvalue weighted by Gasteiger charge is 2.11. The number of aromatic nitrogens is 4. The molecule has 0 spiro atoms. The number of methoxy groups -OCH3 is 1. The van der Waals surface area contributed by atoms with E-state index < -0.39 is 0 Å². The normalized spacial score (nSPS) is 10.7. The Labute approximate surface area is 154 Å². The molecule has 0 saturated heterocycles. The molecule has 26 heavy (non-hydrogen) atoms. The first-order valence-electron chi connectivity index (χ1n) is 7.87. The second kappa shape index (κ2) is 6.93. The van der Waals surface area contributed by atoms with E-state index in [0.717, 1.165) is 27.7 Å². The molecule has 128 valence electrons. The molecule has 1 N–H and O–H groups in total. The zero-order valence-corrected chi connectivity index (χ0v) is 14.6. The molecule has 0 amide bonds. The average Bonchev–Trinajstić information content (AvgIpc) is 2.68. The first-order chi connectivity index (χ1) is 12.7. The molecule has 0 saturated carbocycles. The molecular formula is C19H14ClN5O. The van der Waals surface area contributed by atoms with Crippen LogP contribution in [0.25, 0.3) is 22.0 Å². The summed E-state index contributed by atoms with van der Waals surface area (Å²) in [5, 5.41) is 4.63. The van der Waals surface area contributed by atoms with Gasteiger partial charge >= 0.3 is 0 Å². The number of halogens is 1. The molecule has 0 radical (unpaired) electrons. The molecule has 0 aliphatic carbocycles. The summed E-state index contributed by atoms with van der Waals surface area (Å²) in [6, 6.07) is 11.2. The van der Waals surface area contributed by atoms with E-state index in [4.69, 9.17) is 16.3 Å². The van der Waals surface area contributed by atoms with Gasteiger partial charge in [-0.05, 0) is 24.3 Å². The maximum absolute atomic E-state index is 5.95. The van der Waals surface area contributed by atoms with Gasteiger partial charge in [-0.2, -0.15) is 0 Å². The molecule has 0 aromatic carbocycles. The van der Waals surface area contributed by atoms with Crippen molar-refractivity contribution in [1.82, 2.24) is 19.9 Å². The minimum absolute atomic E-state index is 0.410. The van der Waals surface area contributed by atoms with Crippen LogP contribution >= 0.6 is 11.6 Å². The Morgan fingerprint density at radius 2 is 1.88 bits per heavy atom. The van der Waals surface area contributed by atoms with Gasteiger partial charge in [0.2, 0.25) is 5.88 Å². The fourth-order valence-corrected chi connectivity index (χ4v) is 2.84. The molecule has 0 atom stereocenters. The Hall–Kier alpha value is -3.25. The van der Waals surface area contributed by atoms with Crippen LogP contribution in [0.4, 0.5) is 11.5 Å². The molecule has 0 unspecified atom stereocenters. The third-order valence-electron chi connectivity index (χ3n) is 3.89. The summed E-state index contributed by atoms with van der Waals surface area (Å²) >= 11 is 5.95. The number of anilines is 2. The van der Waals surface area contributed by atoms with Crippen molar-refractivity contribution in [3.63, 3.8) is 0 Å². The summed E-state index contributed by atoms with van der Waals surface area (Å²) in [7, 11) is 1.59. The monoisotopic (exact) mass is 363 g/mol. The van der Waals surface area contributed by atoms with Crippen molar-refractivity contribution in [2.75, 3.05) is 12.4 Å². The lowest BCUT2D eigenvalue weighted by atomic mass is 10.0. The highest BCUT2D eigenvalue weighted by atomic mass is 35.5. The Morgan fingerprint density at radius 1 is 0.962 bits per heavy atom. The van der Waals surface area contributed by atoms with Gasteiger partial charge in [-0.15, -0.1) is 0 Å². The van der Waals surface area contributed by atoms with Crippen molar-refractivity contribution >= 4 is 34.0 Å². The van der Waals surface area contributed by atoms with E-state index in [-0.39, 0.29) is 0 Å². The third-order valence-corrected chi connectivity index (χ3v) is 4.10. The van der Waals surface area contributed by atoms with E-state index in [2.05, 4.69) is 25.3 Å². The summed E-state index contributed by atoms with van der Waals surface area (Å²) in [6.07, 6.45) is 6.94. The zero-order valence-electron chi connectivity index (χ0n) is 13.8. The first kappa shape index (κ1) is 16.2. The van der Waals surface area contributed by atoms with Crippen LogP contribution in [-0.2, 0) is 0 Å². The summed E-state index contributed by atoms with van der Waals surface area (Å²) in [6.45, 7) is 0. The fourth-order valence-electron chi connectivity index (χ4n) is 2.67. The van der Waals surface area contributed by atoms with Crippen molar-refractivity contribution in [3.05, 3.63) is 66.3 Å². The maximum Gasteiger partial charge on any atom is 0.212 e. The number of hydrogen-bond donors (Lipinski definition) is 1. The highest BCUT2D eigenvalue weighted by Crippen LogP contribution is 2.31. The molecule has 4 aromatic heterocycles. The summed E-state index contributed by atoms with van der Waals surface area (Å²) in [4.78, 5) is 17.3. The van der Waals surface area contributed by atoms with Crippen LogP contribution < -0.4 is 10.1 Å². The van der Waals surface area contributed by atoms with E-state index >= 15 is 0 Å². The van der Waals surface area contributed by atoms with Crippen molar-refractivity contribution in [1.29, 1.82) is 0 Å². The van der Waals surface area contributed by atoms with Gasteiger partial charge in [0, 0.05) is 53.1 Å². The second-order valence-electron chi connectivity index (χ2n) is 5.50. The molecule has 4 aromatic rings. The van der Waals surface area contributed by atoms with E-state index in [1.165, 1.54) is 0 Å². The largest absolute Gasteiger partial charge is 0.481 e.